The average molecular weight is 224 g/mol. The zero-order valence-corrected chi connectivity index (χ0v) is 11.6. The molecule has 0 aromatic carbocycles. The van der Waals surface area contributed by atoms with Crippen LogP contribution in [-0.2, 0) is 0 Å². The Kier molecular flexibility index (Phi) is 7.98. The fraction of sp³-hybridized carbons (Fsp3) is 1.00. The third-order valence-electron chi connectivity index (χ3n) is 4.34. The maximum absolute atomic E-state index is 2.45. The number of rotatable bonds is 6. The van der Waals surface area contributed by atoms with E-state index in [4.69, 9.17) is 0 Å². The van der Waals surface area contributed by atoms with Crippen LogP contribution in [0.3, 0.4) is 0 Å². The molecule has 0 aliphatic heterocycles. The summed E-state index contributed by atoms with van der Waals surface area (Å²) in [5, 5.41) is 0. The van der Waals surface area contributed by atoms with E-state index < -0.39 is 0 Å². The Hall–Kier alpha value is 0. The van der Waals surface area contributed by atoms with Gasteiger partial charge in [-0.05, 0) is 11.8 Å². The first-order valence-electron chi connectivity index (χ1n) is 7.83. The Balaban J connectivity index is 2.05. The molecular weight excluding hydrogens is 192 g/mol. The molecule has 0 aromatic heterocycles. The average Bonchev–Trinajstić information content (AvgIpc) is 2.27. The molecule has 2 atom stereocenters. The van der Waals surface area contributed by atoms with Crippen LogP contribution < -0.4 is 0 Å². The van der Waals surface area contributed by atoms with Gasteiger partial charge in [-0.25, -0.2) is 0 Å². The summed E-state index contributed by atoms with van der Waals surface area (Å²) in [6.45, 7) is 4.75. The van der Waals surface area contributed by atoms with Gasteiger partial charge in [0.2, 0.25) is 0 Å². The zero-order valence-electron chi connectivity index (χ0n) is 11.6. The van der Waals surface area contributed by atoms with Crippen LogP contribution in [0, 0.1) is 11.8 Å². The predicted molar refractivity (Wildman–Crippen MR) is 73.7 cm³/mol. The highest BCUT2D eigenvalue weighted by Gasteiger charge is 2.14. The Morgan fingerprint density at radius 3 is 2.38 bits per heavy atom. The van der Waals surface area contributed by atoms with E-state index >= 15 is 0 Å². The van der Waals surface area contributed by atoms with Crippen molar-refractivity contribution in [3.05, 3.63) is 0 Å². The van der Waals surface area contributed by atoms with Gasteiger partial charge in [0.15, 0.2) is 0 Å². The smallest absolute Gasteiger partial charge is 0.0414 e. The summed E-state index contributed by atoms with van der Waals surface area (Å²) in [6.07, 6.45) is 17.8. The van der Waals surface area contributed by atoms with E-state index in [2.05, 4.69) is 13.8 Å². The fourth-order valence-electron chi connectivity index (χ4n) is 3.06. The molecule has 0 N–H and O–H groups in total. The molecule has 2 unspecified atom stereocenters. The lowest BCUT2D eigenvalue weighted by Gasteiger charge is -2.22. The normalized spacial score (nSPS) is 27.4. The van der Waals surface area contributed by atoms with Gasteiger partial charge in [0, 0.05) is 0 Å². The van der Waals surface area contributed by atoms with Crippen molar-refractivity contribution in [3.63, 3.8) is 0 Å². The van der Waals surface area contributed by atoms with Crippen LogP contribution >= 0.6 is 0 Å². The van der Waals surface area contributed by atoms with Crippen LogP contribution in [0.5, 0.6) is 0 Å². The van der Waals surface area contributed by atoms with Crippen molar-refractivity contribution < 1.29 is 0 Å². The van der Waals surface area contributed by atoms with Crippen LogP contribution in [0.4, 0.5) is 0 Å². The lowest BCUT2D eigenvalue weighted by Crippen LogP contribution is -2.08. The quantitative estimate of drug-likeness (QED) is 0.489. The van der Waals surface area contributed by atoms with E-state index in [9.17, 15) is 0 Å². The second-order valence-corrected chi connectivity index (χ2v) is 6.04. The van der Waals surface area contributed by atoms with Crippen LogP contribution in [0.2, 0.25) is 0 Å². The topological polar surface area (TPSA) is 0 Å². The van der Waals surface area contributed by atoms with Gasteiger partial charge >= 0.3 is 0 Å². The summed E-state index contributed by atoms with van der Waals surface area (Å²) in [5.74, 6) is 2.08. The van der Waals surface area contributed by atoms with Crippen molar-refractivity contribution in [2.24, 2.45) is 11.8 Å². The first kappa shape index (κ1) is 14.1. The summed E-state index contributed by atoms with van der Waals surface area (Å²) in [4.78, 5) is 0. The monoisotopic (exact) mass is 224 g/mol. The molecule has 0 amide bonds. The Morgan fingerprint density at radius 1 is 0.812 bits per heavy atom. The molecule has 1 fully saturated rings. The Labute approximate surface area is 103 Å². The number of hydrogen-bond acceptors (Lipinski definition) is 0. The highest BCUT2D eigenvalue weighted by atomic mass is 14.2. The van der Waals surface area contributed by atoms with Crippen molar-refractivity contribution in [1.29, 1.82) is 0 Å². The molecule has 0 bridgehead atoms. The minimum Gasteiger partial charge on any atom is -0.0654 e. The van der Waals surface area contributed by atoms with Crippen LogP contribution in [0.15, 0.2) is 0 Å². The van der Waals surface area contributed by atoms with E-state index in [0.717, 1.165) is 11.8 Å². The predicted octanol–water partition coefficient (Wildman–Crippen LogP) is 5.95. The minimum atomic E-state index is 1.00. The summed E-state index contributed by atoms with van der Waals surface area (Å²) < 4.78 is 0. The van der Waals surface area contributed by atoms with E-state index in [1.807, 2.05) is 0 Å². The lowest BCUT2D eigenvalue weighted by atomic mass is 9.84. The molecule has 0 spiro atoms. The first-order chi connectivity index (χ1) is 7.83. The van der Waals surface area contributed by atoms with Gasteiger partial charge in [-0.2, -0.15) is 0 Å². The highest BCUT2D eigenvalue weighted by Crippen LogP contribution is 2.29. The standard InChI is InChI=1S/C16H32/c1-3-4-5-6-7-11-16-12-9-8-10-15(2)13-14-16/h15-16H,3-14H2,1-2H3. The van der Waals surface area contributed by atoms with Crippen LogP contribution in [0.1, 0.15) is 90.9 Å². The molecule has 1 rings (SSSR count). The van der Waals surface area contributed by atoms with Crippen LogP contribution in [-0.4, -0.2) is 0 Å². The van der Waals surface area contributed by atoms with Gasteiger partial charge in [-0.15, -0.1) is 0 Å². The Bertz CT molecular complexity index is 150. The van der Waals surface area contributed by atoms with Crippen molar-refractivity contribution in [2.45, 2.75) is 90.9 Å². The van der Waals surface area contributed by atoms with Gasteiger partial charge in [-0.3, -0.25) is 0 Å². The van der Waals surface area contributed by atoms with Crippen molar-refractivity contribution in [3.8, 4) is 0 Å². The molecule has 0 heterocycles. The summed E-state index contributed by atoms with van der Waals surface area (Å²) in [6, 6.07) is 0. The van der Waals surface area contributed by atoms with Gasteiger partial charge in [0.25, 0.3) is 0 Å². The molecule has 16 heavy (non-hydrogen) atoms. The molecule has 96 valence electrons. The van der Waals surface area contributed by atoms with Gasteiger partial charge < -0.3 is 0 Å². The van der Waals surface area contributed by atoms with E-state index in [1.54, 1.807) is 0 Å². The fourth-order valence-corrected chi connectivity index (χ4v) is 3.06. The summed E-state index contributed by atoms with van der Waals surface area (Å²) in [5.41, 5.74) is 0. The minimum absolute atomic E-state index is 1.00. The number of hydrogen-bond donors (Lipinski definition) is 0. The molecule has 0 saturated heterocycles. The van der Waals surface area contributed by atoms with Crippen molar-refractivity contribution in [2.75, 3.05) is 0 Å². The van der Waals surface area contributed by atoms with Gasteiger partial charge in [-0.1, -0.05) is 90.9 Å². The van der Waals surface area contributed by atoms with Crippen molar-refractivity contribution in [1.82, 2.24) is 0 Å². The number of unbranched alkanes of at least 4 members (excludes halogenated alkanes) is 4. The molecule has 0 radical (unpaired) electrons. The molecular formula is C16H32. The SMILES string of the molecule is CCCCCCCC1CCCCC(C)CC1. The first-order valence-corrected chi connectivity index (χ1v) is 7.83. The molecule has 0 aromatic rings. The third-order valence-corrected chi connectivity index (χ3v) is 4.34. The third kappa shape index (κ3) is 6.55. The van der Waals surface area contributed by atoms with Crippen molar-refractivity contribution >= 4 is 0 Å². The maximum atomic E-state index is 2.45. The Morgan fingerprint density at radius 2 is 1.56 bits per heavy atom. The molecule has 1 aliphatic carbocycles. The van der Waals surface area contributed by atoms with E-state index in [0.29, 0.717) is 0 Å². The lowest BCUT2D eigenvalue weighted by molar-refractivity contribution is 0.306. The van der Waals surface area contributed by atoms with E-state index in [1.165, 1.54) is 77.0 Å². The van der Waals surface area contributed by atoms with Crippen LogP contribution in [0.25, 0.3) is 0 Å². The molecule has 1 saturated carbocycles. The maximum Gasteiger partial charge on any atom is -0.0414 e. The second-order valence-electron chi connectivity index (χ2n) is 6.04. The highest BCUT2D eigenvalue weighted by molar-refractivity contribution is 4.67. The second kappa shape index (κ2) is 9.07. The molecule has 0 nitrogen and oxygen atoms in total. The molecule has 0 heteroatoms. The summed E-state index contributed by atoms with van der Waals surface area (Å²) >= 11 is 0. The van der Waals surface area contributed by atoms with Gasteiger partial charge in [0.05, 0.1) is 0 Å². The van der Waals surface area contributed by atoms with Gasteiger partial charge in [0.1, 0.15) is 0 Å². The summed E-state index contributed by atoms with van der Waals surface area (Å²) in [7, 11) is 0. The zero-order chi connectivity index (χ0) is 11.6. The largest absolute Gasteiger partial charge is 0.0654 e. The molecule has 1 aliphatic rings. The van der Waals surface area contributed by atoms with E-state index in [-0.39, 0.29) is 0 Å².